The van der Waals surface area contributed by atoms with Crippen molar-refractivity contribution in [2.45, 2.75) is 25.6 Å². The Morgan fingerprint density at radius 3 is 3.12 bits per heavy atom. The van der Waals surface area contributed by atoms with Crippen LogP contribution in [0.25, 0.3) is 0 Å². The van der Waals surface area contributed by atoms with Gasteiger partial charge in [-0.3, -0.25) is 0 Å². The van der Waals surface area contributed by atoms with Crippen LogP contribution in [0, 0.1) is 0 Å². The molecule has 1 saturated heterocycles. The van der Waals surface area contributed by atoms with Gasteiger partial charge in [0.05, 0.1) is 18.3 Å². The van der Waals surface area contributed by atoms with Gasteiger partial charge in [-0.25, -0.2) is 4.79 Å². The first kappa shape index (κ1) is 11.2. The zero-order valence-electron chi connectivity index (χ0n) is 8.85. The number of carbonyl (C=O) groups is 1. The van der Waals surface area contributed by atoms with E-state index in [4.69, 9.17) is 19.0 Å². The van der Waals surface area contributed by atoms with E-state index in [1.165, 1.54) is 12.3 Å². The fourth-order valence-corrected chi connectivity index (χ4v) is 1.64. The molecular formula is C11H14O5. The number of carboxylic acids is 1. The summed E-state index contributed by atoms with van der Waals surface area (Å²) in [4.78, 5) is 10.6. The minimum atomic E-state index is -0.992. The summed E-state index contributed by atoms with van der Waals surface area (Å²) in [7, 11) is 0. The van der Waals surface area contributed by atoms with Gasteiger partial charge < -0.3 is 19.0 Å². The first-order valence-corrected chi connectivity index (χ1v) is 5.26. The minimum absolute atomic E-state index is 0.149. The van der Waals surface area contributed by atoms with Crippen molar-refractivity contribution < 1.29 is 23.8 Å². The topological polar surface area (TPSA) is 68.9 Å². The summed E-state index contributed by atoms with van der Waals surface area (Å²) < 4.78 is 15.8. The van der Waals surface area contributed by atoms with Gasteiger partial charge in [-0.2, -0.15) is 0 Å². The Morgan fingerprint density at radius 2 is 2.50 bits per heavy atom. The number of aromatic carboxylic acids is 1. The van der Waals surface area contributed by atoms with E-state index in [1.54, 1.807) is 0 Å². The average molecular weight is 226 g/mol. The van der Waals surface area contributed by atoms with Crippen molar-refractivity contribution in [3.63, 3.8) is 0 Å². The second kappa shape index (κ2) is 5.14. The number of rotatable bonds is 5. The highest BCUT2D eigenvalue weighted by molar-refractivity contribution is 5.87. The van der Waals surface area contributed by atoms with Crippen LogP contribution in [-0.4, -0.2) is 30.4 Å². The van der Waals surface area contributed by atoms with Gasteiger partial charge >= 0.3 is 5.97 Å². The third-order valence-corrected chi connectivity index (χ3v) is 2.47. The van der Waals surface area contributed by atoms with E-state index in [-0.39, 0.29) is 18.3 Å². The Bertz CT molecular complexity index is 351. The lowest BCUT2D eigenvalue weighted by Crippen LogP contribution is -2.13. The van der Waals surface area contributed by atoms with E-state index in [2.05, 4.69) is 0 Å². The maximum atomic E-state index is 10.6. The molecule has 0 bridgehead atoms. The molecule has 5 nitrogen and oxygen atoms in total. The van der Waals surface area contributed by atoms with Crippen molar-refractivity contribution in [1.29, 1.82) is 0 Å². The molecule has 2 rings (SSSR count). The van der Waals surface area contributed by atoms with Crippen LogP contribution in [0.3, 0.4) is 0 Å². The monoisotopic (exact) mass is 226 g/mol. The number of furan rings is 1. The largest absolute Gasteiger partial charge is 0.478 e. The van der Waals surface area contributed by atoms with Crippen LogP contribution in [0.4, 0.5) is 0 Å². The predicted molar refractivity (Wildman–Crippen MR) is 54.3 cm³/mol. The number of ether oxygens (including phenoxy) is 2. The summed E-state index contributed by atoms with van der Waals surface area (Å²) in [6.45, 7) is 1.62. The predicted octanol–water partition coefficient (Wildman–Crippen LogP) is 1.67. The number of hydrogen-bond donors (Lipinski definition) is 1. The number of carboxylic acid groups (broad SMARTS) is 1. The molecule has 1 aromatic rings. The summed E-state index contributed by atoms with van der Waals surface area (Å²) in [5, 5.41) is 8.68. The molecule has 0 aromatic carbocycles. The van der Waals surface area contributed by atoms with E-state index in [0.29, 0.717) is 12.4 Å². The fourth-order valence-electron chi connectivity index (χ4n) is 1.64. The molecule has 1 aliphatic heterocycles. The van der Waals surface area contributed by atoms with Gasteiger partial charge in [0, 0.05) is 6.61 Å². The van der Waals surface area contributed by atoms with Crippen molar-refractivity contribution in [2.24, 2.45) is 0 Å². The molecule has 0 aliphatic carbocycles. The van der Waals surface area contributed by atoms with Crippen molar-refractivity contribution >= 4 is 5.97 Å². The summed E-state index contributed by atoms with van der Waals surface area (Å²) >= 11 is 0. The van der Waals surface area contributed by atoms with Crippen LogP contribution in [0.2, 0.25) is 0 Å². The fraction of sp³-hybridized carbons (Fsp3) is 0.545. The molecule has 1 atom stereocenters. The highest BCUT2D eigenvalue weighted by atomic mass is 16.5. The zero-order chi connectivity index (χ0) is 11.4. The van der Waals surface area contributed by atoms with Crippen LogP contribution >= 0.6 is 0 Å². The third-order valence-electron chi connectivity index (χ3n) is 2.47. The minimum Gasteiger partial charge on any atom is -0.478 e. The molecular weight excluding hydrogens is 212 g/mol. The first-order valence-electron chi connectivity index (χ1n) is 5.26. The van der Waals surface area contributed by atoms with Crippen LogP contribution in [0.5, 0.6) is 0 Å². The molecule has 88 valence electrons. The van der Waals surface area contributed by atoms with Crippen LogP contribution in [0.15, 0.2) is 16.7 Å². The van der Waals surface area contributed by atoms with Gasteiger partial charge in [-0.15, -0.1) is 0 Å². The molecule has 1 unspecified atom stereocenters. The molecule has 1 aliphatic rings. The Kier molecular flexibility index (Phi) is 3.58. The Balaban J connectivity index is 1.74. The molecule has 2 heterocycles. The lowest BCUT2D eigenvalue weighted by atomic mass is 10.2. The molecule has 0 amide bonds. The smallest absolute Gasteiger partial charge is 0.338 e. The van der Waals surface area contributed by atoms with Gasteiger partial charge in [0.2, 0.25) is 0 Å². The summed E-state index contributed by atoms with van der Waals surface area (Å²) in [6, 6.07) is 1.47. The molecule has 0 radical (unpaired) electrons. The molecule has 1 fully saturated rings. The molecule has 0 saturated carbocycles. The normalized spacial score (nSPS) is 20.1. The van der Waals surface area contributed by atoms with E-state index in [0.717, 1.165) is 19.4 Å². The molecule has 1 N–H and O–H groups in total. The van der Waals surface area contributed by atoms with Crippen molar-refractivity contribution in [2.75, 3.05) is 13.2 Å². The van der Waals surface area contributed by atoms with E-state index in [1.807, 2.05) is 0 Å². The maximum Gasteiger partial charge on any atom is 0.338 e. The van der Waals surface area contributed by atoms with Gasteiger partial charge in [-0.05, 0) is 18.9 Å². The molecule has 16 heavy (non-hydrogen) atoms. The second-order valence-electron chi connectivity index (χ2n) is 3.76. The van der Waals surface area contributed by atoms with Gasteiger partial charge in [-0.1, -0.05) is 0 Å². The van der Waals surface area contributed by atoms with E-state index >= 15 is 0 Å². The number of hydrogen-bond acceptors (Lipinski definition) is 4. The molecule has 0 spiro atoms. The molecule has 5 heteroatoms. The second-order valence-corrected chi connectivity index (χ2v) is 3.76. The summed E-state index contributed by atoms with van der Waals surface area (Å²) in [6.07, 6.45) is 3.50. The average Bonchev–Trinajstić information content (AvgIpc) is 2.87. The van der Waals surface area contributed by atoms with Crippen LogP contribution in [0.1, 0.15) is 29.0 Å². The SMILES string of the molecule is O=C(O)c1coc(COCC2CCCO2)c1. The van der Waals surface area contributed by atoms with Gasteiger partial charge in [0.25, 0.3) is 0 Å². The first-order chi connectivity index (χ1) is 7.75. The Morgan fingerprint density at radius 1 is 1.62 bits per heavy atom. The highest BCUT2D eigenvalue weighted by Crippen LogP contribution is 2.14. The maximum absolute atomic E-state index is 10.6. The highest BCUT2D eigenvalue weighted by Gasteiger charge is 2.15. The van der Waals surface area contributed by atoms with Crippen molar-refractivity contribution in [1.82, 2.24) is 0 Å². The standard InChI is InChI=1S/C11H14O5/c12-11(13)8-4-10(16-5-8)7-14-6-9-2-1-3-15-9/h4-5,9H,1-3,6-7H2,(H,12,13). The Labute approximate surface area is 93.0 Å². The third kappa shape index (κ3) is 2.84. The van der Waals surface area contributed by atoms with Crippen LogP contribution < -0.4 is 0 Å². The zero-order valence-corrected chi connectivity index (χ0v) is 8.85. The van der Waals surface area contributed by atoms with Crippen molar-refractivity contribution in [3.8, 4) is 0 Å². The Hall–Kier alpha value is -1.33. The van der Waals surface area contributed by atoms with Crippen molar-refractivity contribution in [3.05, 3.63) is 23.7 Å². The van der Waals surface area contributed by atoms with Gasteiger partial charge in [0.1, 0.15) is 18.6 Å². The lowest BCUT2D eigenvalue weighted by Gasteiger charge is -2.08. The van der Waals surface area contributed by atoms with E-state index < -0.39 is 5.97 Å². The summed E-state index contributed by atoms with van der Waals surface area (Å²) in [5.74, 6) is -0.468. The van der Waals surface area contributed by atoms with E-state index in [9.17, 15) is 4.79 Å². The quantitative estimate of drug-likeness (QED) is 0.827. The summed E-state index contributed by atoms with van der Waals surface area (Å²) in [5.41, 5.74) is 0.149. The lowest BCUT2D eigenvalue weighted by molar-refractivity contribution is 0.00581. The molecule has 1 aromatic heterocycles. The van der Waals surface area contributed by atoms with Crippen LogP contribution in [-0.2, 0) is 16.1 Å². The van der Waals surface area contributed by atoms with Gasteiger partial charge in [0.15, 0.2) is 0 Å².